The fourth-order valence-corrected chi connectivity index (χ4v) is 2.62. The molecule has 2 amide bonds. The van der Waals surface area contributed by atoms with Gasteiger partial charge in [0.2, 0.25) is 11.7 Å². The number of amides is 2. The zero-order chi connectivity index (χ0) is 16.9. The summed E-state index contributed by atoms with van der Waals surface area (Å²) in [6.45, 7) is 2.96. The maximum absolute atomic E-state index is 12.1. The number of piperidine rings is 1. The largest absolute Gasteiger partial charge is 0.465 e. The molecule has 3 heterocycles. The first-order valence-corrected chi connectivity index (χ1v) is 7.86. The number of furan rings is 1. The molecular formula is C17H19N3O4. The molecule has 7 heteroatoms. The Kier molecular flexibility index (Phi) is 4.79. The van der Waals surface area contributed by atoms with E-state index in [0.717, 1.165) is 0 Å². The van der Waals surface area contributed by atoms with E-state index in [2.05, 4.69) is 10.5 Å². The molecule has 1 fully saturated rings. The highest BCUT2D eigenvalue weighted by molar-refractivity contribution is 5.92. The highest BCUT2D eigenvalue weighted by atomic mass is 16.5. The summed E-state index contributed by atoms with van der Waals surface area (Å²) in [5.74, 6) is 0.542. The van der Waals surface area contributed by atoms with Crippen molar-refractivity contribution < 1.29 is 18.5 Å². The Morgan fingerprint density at radius 1 is 1.38 bits per heavy atom. The summed E-state index contributed by atoms with van der Waals surface area (Å²) in [5, 5.41) is 6.62. The number of likely N-dealkylation sites (tertiary alicyclic amines) is 1. The van der Waals surface area contributed by atoms with E-state index in [9.17, 15) is 9.59 Å². The van der Waals surface area contributed by atoms with Crippen molar-refractivity contribution in [1.29, 1.82) is 0 Å². The number of aryl methyl sites for hydroxylation is 1. The van der Waals surface area contributed by atoms with Crippen LogP contribution in [0.4, 0.5) is 0 Å². The van der Waals surface area contributed by atoms with E-state index in [1.54, 1.807) is 42.4 Å². The van der Waals surface area contributed by atoms with E-state index in [1.807, 2.05) is 0 Å². The predicted molar refractivity (Wildman–Crippen MR) is 86.1 cm³/mol. The fraction of sp³-hybridized carbons (Fsp3) is 0.353. The number of carbonyl (C=O) groups excluding carboxylic acids is 2. The maximum Gasteiger partial charge on any atom is 0.290 e. The van der Waals surface area contributed by atoms with Gasteiger partial charge in [-0.05, 0) is 38.0 Å². The van der Waals surface area contributed by atoms with E-state index >= 15 is 0 Å². The van der Waals surface area contributed by atoms with Crippen LogP contribution in [-0.2, 0) is 4.79 Å². The number of carbonyl (C=O) groups is 2. The van der Waals surface area contributed by atoms with Gasteiger partial charge in [-0.15, -0.1) is 0 Å². The molecule has 3 rings (SSSR count). The van der Waals surface area contributed by atoms with Crippen molar-refractivity contribution in [2.45, 2.75) is 25.8 Å². The molecule has 0 aliphatic carbocycles. The molecule has 24 heavy (non-hydrogen) atoms. The molecule has 0 radical (unpaired) electrons. The quantitative estimate of drug-likeness (QED) is 0.867. The van der Waals surface area contributed by atoms with E-state index in [-0.39, 0.29) is 23.6 Å². The molecule has 1 aliphatic heterocycles. The van der Waals surface area contributed by atoms with Crippen LogP contribution < -0.4 is 5.32 Å². The summed E-state index contributed by atoms with van der Waals surface area (Å²) in [5.41, 5.74) is 0.670. The molecule has 0 saturated carbocycles. The average Bonchev–Trinajstić information content (AvgIpc) is 3.25. The zero-order valence-electron chi connectivity index (χ0n) is 13.4. The second-order valence-electron chi connectivity index (χ2n) is 5.75. The molecule has 2 aromatic rings. The Hall–Kier alpha value is -2.83. The van der Waals surface area contributed by atoms with Crippen LogP contribution in [0.15, 0.2) is 39.5 Å². The third-order valence-electron chi connectivity index (χ3n) is 3.93. The van der Waals surface area contributed by atoms with E-state index in [0.29, 0.717) is 37.4 Å². The minimum Gasteiger partial charge on any atom is -0.465 e. The van der Waals surface area contributed by atoms with Gasteiger partial charge in [-0.3, -0.25) is 9.59 Å². The second kappa shape index (κ2) is 7.16. The van der Waals surface area contributed by atoms with Gasteiger partial charge in [0.05, 0.1) is 12.0 Å². The summed E-state index contributed by atoms with van der Waals surface area (Å²) < 4.78 is 10.1. The molecule has 1 saturated heterocycles. The van der Waals surface area contributed by atoms with Crippen molar-refractivity contribution in [3.8, 4) is 0 Å². The number of aromatic nitrogens is 1. The summed E-state index contributed by atoms with van der Waals surface area (Å²) in [7, 11) is 0. The molecule has 0 spiro atoms. The SMILES string of the molecule is Cc1cc(C(=O)NC2CCN(C(=O)/C=C\c3ccco3)CC2)on1. The molecule has 1 N–H and O–H groups in total. The third kappa shape index (κ3) is 3.92. The van der Waals surface area contributed by atoms with Gasteiger partial charge in [0, 0.05) is 31.3 Å². The number of hydrogen-bond donors (Lipinski definition) is 1. The van der Waals surface area contributed by atoms with Gasteiger partial charge in [0.15, 0.2) is 0 Å². The lowest BCUT2D eigenvalue weighted by molar-refractivity contribution is -0.127. The van der Waals surface area contributed by atoms with Crippen LogP contribution in [0, 0.1) is 6.92 Å². The Morgan fingerprint density at radius 2 is 2.17 bits per heavy atom. The molecule has 0 bridgehead atoms. The highest BCUT2D eigenvalue weighted by Crippen LogP contribution is 2.13. The highest BCUT2D eigenvalue weighted by Gasteiger charge is 2.24. The average molecular weight is 329 g/mol. The fourth-order valence-electron chi connectivity index (χ4n) is 2.62. The predicted octanol–water partition coefficient (Wildman–Crippen LogP) is 2.01. The number of rotatable bonds is 4. The first-order chi connectivity index (χ1) is 11.6. The lowest BCUT2D eigenvalue weighted by Crippen LogP contribution is -2.46. The first-order valence-electron chi connectivity index (χ1n) is 7.86. The molecule has 0 atom stereocenters. The van der Waals surface area contributed by atoms with Crippen molar-refractivity contribution in [1.82, 2.24) is 15.4 Å². The summed E-state index contributed by atoms with van der Waals surface area (Å²) >= 11 is 0. The van der Waals surface area contributed by atoms with Crippen LogP contribution in [0.2, 0.25) is 0 Å². The molecule has 0 aromatic carbocycles. The van der Waals surface area contributed by atoms with Gasteiger partial charge in [0.25, 0.3) is 5.91 Å². The number of nitrogens with one attached hydrogen (secondary N) is 1. The molecule has 126 valence electrons. The summed E-state index contributed by atoms with van der Waals surface area (Å²) in [4.78, 5) is 25.9. The first kappa shape index (κ1) is 16.0. The number of hydrogen-bond acceptors (Lipinski definition) is 5. The Balaban J connectivity index is 1.47. The van der Waals surface area contributed by atoms with Crippen LogP contribution in [0.1, 0.15) is 34.9 Å². The van der Waals surface area contributed by atoms with Crippen LogP contribution in [0.3, 0.4) is 0 Å². The minimum absolute atomic E-state index is 0.0287. The van der Waals surface area contributed by atoms with Crippen LogP contribution in [0.25, 0.3) is 6.08 Å². The van der Waals surface area contributed by atoms with Crippen molar-refractivity contribution in [3.63, 3.8) is 0 Å². The van der Waals surface area contributed by atoms with Crippen molar-refractivity contribution in [3.05, 3.63) is 47.8 Å². The summed E-state index contributed by atoms with van der Waals surface area (Å²) in [6, 6.07) is 5.19. The van der Waals surface area contributed by atoms with Crippen molar-refractivity contribution in [2.24, 2.45) is 0 Å². The lowest BCUT2D eigenvalue weighted by atomic mass is 10.0. The third-order valence-corrected chi connectivity index (χ3v) is 3.93. The molecular weight excluding hydrogens is 310 g/mol. The number of nitrogens with zero attached hydrogens (tertiary/aromatic N) is 2. The Morgan fingerprint density at radius 3 is 2.79 bits per heavy atom. The van der Waals surface area contributed by atoms with Gasteiger partial charge in [0.1, 0.15) is 5.76 Å². The van der Waals surface area contributed by atoms with Gasteiger partial charge >= 0.3 is 0 Å². The maximum atomic E-state index is 12.1. The van der Waals surface area contributed by atoms with Crippen molar-refractivity contribution in [2.75, 3.05) is 13.1 Å². The Bertz CT molecular complexity index is 725. The minimum atomic E-state index is -0.266. The Labute approximate surface area is 139 Å². The smallest absolute Gasteiger partial charge is 0.290 e. The summed E-state index contributed by atoms with van der Waals surface area (Å²) in [6.07, 6.45) is 6.14. The van der Waals surface area contributed by atoms with Gasteiger partial charge < -0.3 is 19.2 Å². The monoisotopic (exact) mass is 329 g/mol. The lowest BCUT2D eigenvalue weighted by Gasteiger charge is -2.31. The molecule has 1 aliphatic rings. The standard InChI is InChI=1S/C17H19N3O4/c1-12-11-15(24-19-12)17(22)18-13-6-8-20(9-7-13)16(21)5-4-14-3-2-10-23-14/h2-5,10-11,13H,6-9H2,1H3,(H,18,22)/b5-4-. The van der Waals surface area contributed by atoms with Gasteiger partial charge in [-0.2, -0.15) is 0 Å². The van der Waals surface area contributed by atoms with Crippen LogP contribution in [-0.4, -0.2) is 41.0 Å². The van der Waals surface area contributed by atoms with Gasteiger partial charge in [-0.25, -0.2) is 0 Å². The molecule has 7 nitrogen and oxygen atoms in total. The molecule has 0 unspecified atom stereocenters. The second-order valence-corrected chi connectivity index (χ2v) is 5.75. The van der Waals surface area contributed by atoms with E-state index in [4.69, 9.17) is 8.94 Å². The topological polar surface area (TPSA) is 88.6 Å². The van der Waals surface area contributed by atoms with Crippen molar-refractivity contribution >= 4 is 17.9 Å². The zero-order valence-corrected chi connectivity index (χ0v) is 13.4. The van der Waals surface area contributed by atoms with Crippen LogP contribution in [0.5, 0.6) is 0 Å². The van der Waals surface area contributed by atoms with Gasteiger partial charge in [-0.1, -0.05) is 5.16 Å². The molecule has 2 aromatic heterocycles. The van der Waals surface area contributed by atoms with E-state index in [1.165, 1.54) is 6.08 Å². The van der Waals surface area contributed by atoms with Crippen LogP contribution >= 0.6 is 0 Å². The normalized spacial score (nSPS) is 15.8. The van der Waals surface area contributed by atoms with E-state index < -0.39 is 0 Å².